The van der Waals surface area contributed by atoms with E-state index in [1.54, 1.807) is 0 Å². The molecule has 1 unspecified atom stereocenters. The SMILES string of the molecule is CCC(CC)(CC)NC(=O)c1ccn(C2CCCNC2)n1.Cl. The topological polar surface area (TPSA) is 59.0 Å². The van der Waals surface area contributed by atoms with Gasteiger partial charge in [0.25, 0.3) is 5.91 Å². The van der Waals surface area contributed by atoms with Crippen LogP contribution in [-0.4, -0.2) is 34.3 Å². The first-order valence-electron chi connectivity index (χ1n) is 8.22. The zero-order chi connectivity index (χ0) is 15.3. The maximum Gasteiger partial charge on any atom is 0.272 e. The van der Waals surface area contributed by atoms with Crippen LogP contribution >= 0.6 is 12.4 Å². The van der Waals surface area contributed by atoms with Crippen LogP contribution in [0.15, 0.2) is 12.3 Å². The van der Waals surface area contributed by atoms with Gasteiger partial charge in [-0.05, 0) is 44.7 Å². The fourth-order valence-corrected chi connectivity index (χ4v) is 3.04. The summed E-state index contributed by atoms with van der Waals surface area (Å²) >= 11 is 0. The third kappa shape index (κ3) is 4.23. The Kier molecular flexibility index (Phi) is 7.36. The summed E-state index contributed by atoms with van der Waals surface area (Å²) in [6.07, 6.45) is 7.05. The van der Waals surface area contributed by atoms with Crippen LogP contribution in [0.4, 0.5) is 0 Å². The smallest absolute Gasteiger partial charge is 0.272 e. The molecule has 0 bridgehead atoms. The molecule has 126 valence electrons. The van der Waals surface area contributed by atoms with E-state index in [4.69, 9.17) is 0 Å². The van der Waals surface area contributed by atoms with Crippen molar-refractivity contribution in [3.63, 3.8) is 0 Å². The molecule has 1 aliphatic heterocycles. The van der Waals surface area contributed by atoms with Gasteiger partial charge in [-0.1, -0.05) is 20.8 Å². The number of rotatable bonds is 6. The second kappa shape index (κ2) is 8.53. The second-order valence-electron chi connectivity index (χ2n) is 5.98. The van der Waals surface area contributed by atoms with Gasteiger partial charge in [-0.25, -0.2) is 0 Å². The third-order valence-corrected chi connectivity index (χ3v) is 4.89. The Morgan fingerprint density at radius 1 is 1.41 bits per heavy atom. The highest BCUT2D eigenvalue weighted by Gasteiger charge is 2.27. The van der Waals surface area contributed by atoms with Crippen LogP contribution in [0.2, 0.25) is 0 Å². The predicted molar refractivity (Wildman–Crippen MR) is 91.7 cm³/mol. The van der Waals surface area contributed by atoms with Crippen molar-refractivity contribution in [1.82, 2.24) is 20.4 Å². The molecule has 2 N–H and O–H groups in total. The van der Waals surface area contributed by atoms with E-state index in [0.29, 0.717) is 11.7 Å². The quantitative estimate of drug-likeness (QED) is 0.844. The molecule has 1 aromatic heterocycles. The first-order valence-corrected chi connectivity index (χ1v) is 8.22. The average molecular weight is 329 g/mol. The van der Waals surface area contributed by atoms with Crippen molar-refractivity contribution in [1.29, 1.82) is 0 Å². The second-order valence-corrected chi connectivity index (χ2v) is 5.98. The van der Waals surface area contributed by atoms with E-state index < -0.39 is 0 Å². The molecule has 1 atom stereocenters. The zero-order valence-electron chi connectivity index (χ0n) is 13.9. The molecule has 0 aromatic carbocycles. The molecule has 0 saturated carbocycles. The van der Waals surface area contributed by atoms with E-state index in [1.807, 2.05) is 16.9 Å². The Labute approximate surface area is 139 Å². The molecule has 1 aromatic rings. The normalized spacial score (nSPS) is 18.6. The number of piperidine rings is 1. The van der Waals surface area contributed by atoms with Crippen molar-refractivity contribution in [3.05, 3.63) is 18.0 Å². The lowest BCUT2D eigenvalue weighted by Crippen LogP contribution is -2.47. The maximum atomic E-state index is 12.4. The van der Waals surface area contributed by atoms with Crippen molar-refractivity contribution >= 4 is 18.3 Å². The zero-order valence-corrected chi connectivity index (χ0v) is 14.7. The number of carbonyl (C=O) groups excluding carboxylic acids is 1. The van der Waals surface area contributed by atoms with Crippen molar-refractivity contribution < 1.29 is 4.79 Å². The molecule has 1 amide bonds. The minimum atomic E-state index is -0.104. The minimum Gasteiger partial charge on any atom is -0.345 e. The number of halogens is 1. The van der Waals surface area contributed by atoms with Crippen LogP contribution < -0.4 is 10.6 Å². The Balaban J connectivity index is 0.00000242. The summed E-state index contributed by atoms with van der Waals surface area (Å²) in [6, 6.07) is 2.20. The number of aromatic nitrogens is 2. The van der Waals surface area contributed by atoms with Crippen LogP contribution in [0.3, 0.4) is 0 Å². The third-order valence-electron chi connectivity index (χ3n) is 4.89. The molecular weight excluding hydrogens is 300 g/mol. The summed E-state index contributed by atoms with van der Waals surface area (Å²) in [4.78, 5) is 12.4. The molecule has 1 fully saturated rings. The molecule has 0 spiro atoms. The monoisotopic (exact) mass is 328 g/mol. The number of hydrogen-bond acceptors (Lipinski definition) is 3. The van der Waals surface area contributed by atoms with Crippen molar-refractivity contribution in [2.45, 2.75) is 64.5 Å². The standard InChI is InChI=1S/C16H28N4O.ClH/c1-4-16(5-2,6-3)18-15(21)14-9-11-20(19-14)13-8-7-10-17-12-13;/h9,11,13,17H,4-8,10,12H2,1-3H3,(H,18,21);1H. The van der Waals surface area contributed by atoms with E-state index >= 15 is 0 Å². The van der Waals surface area contributed by atoms with Gasteiger partial charge < -0.3 is 10.6 Å². The van der Waals surface area contributed by atoms with Gasteiger partial charge in [0.15, 0.2) is 0 Å². The molecule has 22 heavy (non-hydrogen) atoms. The Morgan fingerprint density at radius 3 is 2.64 bits per heavy atom. The lowest BCUT2D eigenvalue weighted by Gasteiger charge is -2.31. The number of nitrogens with zero attached hydrogens (tertiary/aromatic N) is 2. The average Bonchev–Trinajstić information content (AvgIpc) is 3.04. The molecule has 1 aliphatic rings. The highest BCUT2D eigenvalue weighted by Crippen LogP contribution is 2.20. The fourth-order valence-electron chi connectivity index (χ4n) is 3.04. The summed E-state index contributed by atoms with van der Waals surface area (Å²) < 4.78 is 1.94. The number of carbonyl (C=O) groups is 1. The van der Waals surface area contributed by atoms with Gasteiger partial charge in [0.05, 0.1) is 6.04 Å². The molecule has 2 rings (SSSR count). The van der Waals surface area contributed by atoms with Gasteiger partial charge in [-0.2, -0.15) is 5.10 Å². The summed E-state index contributed by atoms with van der Waals surface area (Å²) in [6.45, 7) is 8.39. The van der Waals surface area contributed by atoms with Crippen LogP contribution in [-0.2, 0) is 0 Å². The number of nitrogens with one attached hydrogen (secondary N) is 2. The van der Waals surface area contributed by atoms with E-state index in [9.17, 15) is 4.79 Å². The molecule has 1 saturated heterocycles. The van der Waals surface area contributed by atoms with Crippen molar-refractivity contribution in [2.75, 3.05) is 13.1 Å². The molecule has 2 heterocycles. The predicted octanol–water partition coefficient (Wildman–Crippen LogP) is 2.93. The molecule has 5 nitrogen and oxygen atoms in total. The Bertz CT molecular complexity index is 456. The summed E-state index contributed by atoms with van der Waals surface area (Å²) in [5.74, 6) is -0.0527. The Hall–Kier alpha value is -1.07. The van der Waals surface area contributed by atoms with E-state index in [0.717, 1.165) is 45.2 Å². The van der Waals surface area contributed by atoms with Gasteiger partial charge in [0, 0.05) is 18.3 Å². The molecule has 0 radical (unpaired) electrons. The fraction of sp³-hybridized carbons (Fsp3) is 0.750. The minimum absolute atomic E-state index is 0. The van der Waals surface area contributed by atoms with E-state index in [-0.39, 0.29) is 23.9 Å². The Morgan fingerprint density at radius 2 is 2.09 bits per heavy atom. The summed E-state index contributed by atoms with van der Waals surface area (Å²) in [7, 11) is 0. The van der Waals surface area contributed by atoms with Crippen molar-refractivity contribution in [3.8, 4) is 0 Å². The van der Waals surface area contributed by atoms with Crippen LogP contribution in [0.25, 0.3) is 0 Å². The first-order chi connectivity index (χ1) is 10.1. The van der Waals surface area contributed by atoms with E-state index in [1.165, 1.54) is 0 Å². The highest BCUT2D eigenvalue weighted by atomic mass is 35.5. The van der Waals surface area contributed by atoms with Gasteiger partial charge in [-0.3, -0.25) is 9.48 Å². The number of hydrogen-bond donors (Lipinski definition) is 2. The molecular formula is C16H29ClN4O. The molecule has 6 heteroatoms. The lowest BCUT2D eigenvalue weighted by atomic mass is 9.89. The highest BCUT2D eigenvalue weighted by molar-refractivity contribution is 5.92. The lowest BCUT2D eigenvalue weighted by molar-refractivity contribution is 0.0881. The van der Waals surface area contributed by atoms with Gasteiger partial charge in [-0.15, -0.1) is 12.4 Å². The van der Waals surface area contributed by atoms with Gasteiger partial charge in [0.1, 0.15) is 5.69 Å². The largest absolute Gasteiger partial charge is 0.345 e. The van der Waals surface area contributed by atoms with Crippen LogP contribution in [0.5, 0.6) is 0 Å². The summed E-state index contributed by atoms with van der Waals surface area (Å²) in [5, 5.41) is 11.0. The maximum absolute atomic E-state index is 12.4. The molecule has 0 aliphatic carbocycles. The van der Waals surface area contributed by atoms with E-state index in [2.05, 4.69) is 36.5 Å². The van der Waals surface area contributed by atoms with Crippen molar-refractivity contribution in [2.24, 2.45) is 0 Å². The van der Waals surface area contributed by atoms with Gasteiger partial charge in [0.2, 0.25) is 0 Å². The van der Waals surface area contributed by atoms with Gasteiger partial charge >= 0.3 is 0 Å². The number of amides is 1. The first kappa shape index (κ1) is 19.0. The van der Waals surface area contributed by atoms with Crippen LogP contribution in [0.1, 0.15) is 69.4 Å². The summed E-state index contributed by atoms with van der Waals surface area (Å²) in [5.41, 5.74) is 0.424. The van der Waals surface area contributed by atoms with Crippen LogP contribution in [0, 0.1) is 0 Å².